The summed E-state index contributed by atoms with van der Waals surface area (Å²) < 4.78 is 16.1. The second-order valence-electron chi connectivity index (χ2n) is 8.20. The number of nitrogens with zero attached hydrogens (tertiary/aromatic N) is 1. The zero-order valence-corrected chi connectivity index (χ0v) is 16.5. The number of phenolic OH excluding ortho intramolecular Hbond substituents is 1. The number of H-pyrrole nitrogens is 1. The molecule has 3 aromatic rings. The zero-order valence-electron chi connectivity index (χ0n) is 16.5. The van der Waals surface area contributed by atoms with Crippen molar-refractivity contribution in [3.63, 3.8) is 0 Å². The van der Waals surface area contributed by atoms with E-state index in [9.17, 15) is 19.1 Å². The number of hydrogen-bond acceptors (Lipinski definition) is 3. The Labute approximate surface area is 168 Å². The van der Waals surface area contributed by atoms with Crippen LogP contribution in [0.1, 0.15) is 61.9 Å². The van der Waals surface area contributed by atoms with Crippen LogP contribution in [0.5, 0.6) is 5.75 Å². The molecule has 1 aromatic carbocycles. The SMILES string of the molecule is Cc1cc2[nH]cc(C(=O)Nc3cc(O)c(C4(C)CCCCC4)cc3F)c(=O)n2c1.[HH]. The van der Waals surface area contributed by atoms with Crippen molar-refractivity contribution in [3.8, 4) is 5.75 Å². The van der Waals surface area contributed by atoms with E-state index >= 15 is 0 Å². The summed E-state index contributed by atoms with van der Waals surface area (Å²) in [6.07, 6.45) is 7.93. The molecule has 0 spiro atoms. The van der Waals surface area contributed by atoms with Gasteiger partial charge in [-0.15, -0.1) is 0 Å². The highest BCUT2D eigenvalue weighted by molar-refractivity contribution is 6.04. The minimum Gasteiger partial charge on any atom is -0.508 e. The van der Waals surface area contributed by atoms with E-state index in [1.54, 1.807) is 12.3 Å². The van der Waals surface area contributed by atoms with Gasteiger partial charge in [-0.3, -0.25) is 14.0 Å². The standard InChI is InChI=1S/C22H24FN3O3.H2/c1-13-8-19-24-11-14(21(29)26(19)12-13)20(28)25-17-10-18(27)15(9-16(17)23)22(2)6-4-3-5-7-22;/h8-12,24,27H,3-7H2,1-2H3,(H,25,28);1H. The molecule has 0 saturated heterocycles. The second-order valence-corrected chi connectivity index (χ2v) is 8.20. The normalized spacial score (nSPS) is 16.1. The molecule has 1 saturated carbocycles. The summed E-state index contributed by atoms with van der Waals surface area (Å²) in [7, 11) is 0. The van der Waals surface area contributed by atoms with Crippen LogP contribution in [0.4, 0.5) is 10.1 Å². The number of hydrogen-bond donors (Lipinski definition) is 3. The summed E-state index contributed by atoms with van der Waals surface area (Å²) in [6, 6.07) is 4.32. The van der Waals surface area contributed by atoms with Crippen molar-refractivity contribution in [1.82, 2.24) is 9.38 Å². The smallest absolute Gasteiger partial charge is 0.270 e. The van der Waals surface area contributed by atoms with Gasteiger partial charge in [0.25, 0.3) is 11.5 Å². The number of fused-ring (bicyclic) bond motifs is 1. The van der Waals surface area contributed by atoms with Gasteiger partial charge in [-0.25, -0.2) is 4.39 Å². The number of benzene rings is 1. The largest absolute Gasteiger partial charge is 0.508 e. The van der Waals surface area contributed by atoms with Gasteiger partial charge in [0.2, 0.25) is 0 Å². The lowest BCUT2D eigenvalue weighted by Gasteiger charge is -2.34. The molecule has 1 aliphatic carbocycles. The van der Waals surface area contributed by atoms with Crippen molar-refractivity contribution in [1.29, 1.82) is 0 Å². The third-order valence-corrected chi connectivity index (χ3v) is 5.96. The Morgan fingerprint density at radius 1 is 1.28 bits per heavy atom. The summed E-state index contributed by atoms with van der Waals surface area (Å²) in [5, 5.41) is 12.9. The van der Waals surface area contributed by atoms with Crippen LogP contribution in [0.3, 0.4) is 0 Å². The number of nitrogens with one attached hydrogen (secondary N) is 2. The topological polar surface area (TPSA) is 86.6 Å². The van der Waals surface area contributed by atoms with Crippen LogP contribution >= 0.6 is 0 Å². The first kappa shape index (κ1) is 19.2. The van der Waals surface area contributed by atoms with Crippen LogP contribution < -0.4 is 10.9 Å². The molecule has 2 aromatic heterocycles. The van der Waals surface area contributed by atoms with Gasteiger partial charge in [0.1, 0.15) is 22.8 Å². The number of carbonyl (C=O) groups excluding carboxylic acids is 1. The molecule has 7 heteroatoms. The maximum atomic E-state index is 14.8. The van der Waals surface area contributed by atoms with Crippen LogP contribution in [0.15, 0.2) is 35.4 Å². The molecule has 4 rings (SSSR count). The first-order chi connectivity index (χ1) is 13.8. The fourth-order valence-electron chi connectivity index (χ4n) is 4.31. The van der Waals surface area contributed by atoms with Gasteiger partial charge in [-0.1, -0.05) is 26.2 Å². The van der Waals surface area contributed by atoms with Crippen molar-refractivity contribution in [2.24, 2.45) is 0 Å². The number of carbonyl (C=O) groups is 1. The van der Waals surface area contributed by atoms with E-state index in [0.29, 0.717) is 11.2 Å². The summed E-state index contributed by atoms with van der Waals surface area (Å²) in [6.45, 7) is 3.87. The minimum atomic E-state index is -0.741. The van der Waals surface area contributed by atoms with E-state index < -0.39 is 17.3 Å². The Kier molecular flexibility index (Phi) is 4.68. The Morgan fingerprint density at radius 3 is 2.72 bits per heavy atom. The van der Waals surface area contributed by atoms with Crippen LogP contribution in [0.2, 0.25) is 0 Å². The van der Waals surface area contributed by atoms with E-state index in [1.165, 1.54) is 22.7 Å². The predicted molar refractivity (Wildman–Crippen MR) is 111 cm³/mol. The second kappa shape index (κ2) is 7.06. The maximum Gasteiger partial charge on any atom is 0.270 e. The Bertz CT molecular complexity index is 1160. The molecule has 0 bridgehead atoms. The molecule has 29 heavy (non-hydrogen) atoms. The van der Waals surface area contributed by atoms with E-state index in [0.717, 1.165) is 37.7 Å². The average molecular weight is 399 g/mol. The van der Waals surface area contributed by atoms with Crippen molar-refractivity contribution in [2.75, 3.05) is 5.32 Å². The summed E-state index contributed by atoms with van der Waals surface area (Å²) in [5.41, 5.74) is 0.932. The molecule has 0 aliphatic heterocycles. The minimum absolute atomic E-state index is 0. The molecular weight excluding hydrogens is 373 g/mol. The van der Waals surface area contributed by atoms with Crippen molar-refractivity contribution < 1.29 is 15.7 Å². The van der Waals surface area contributed by atoms with Gasteiger partial charge in [-0.2, -0.15) is 0 Å². The van der Waals surface area contributed by atoms with Crippen molar-refractivity contribution in [3.05, 3.63) is 63.5 Å². The average Bonchev–Trinajstić information content (AvgIpc) is 3.06. The van der Waals surface area contributed by atoms with Crippen LogP contribution in [0.25, 0.3) is 5.65 Å². The molecule has 0 unspecified atom stereocenters. The van der Waals surface area contributed by atoms with Gasteiger partial charge in [0.05, 0.1) is 5.69 Å². The van der Waals surface area contributed by atoms with E-state index in [-0.39, 0.29) is 23.8 Å². The molecule has 1 amide bonds. The monoisotopic (exact) mass is 399 g/mol. The first-order valence-electron chi connectivity index (χ1n) is 9.83. The van der Waals surface area contributed by atoms with E-state index in [1.807, 2.05) is 13.8 Å². The van der Waals surface area contributed by atoms with Gasteiger partial charge in [0.15, 0.2) is 0 Å². The number of aromatic hydroxyl groups is 1. The van der Waals surface area contributed by atoms with Crippen LogP contribution in [-0.2, 0) is 5.41 Å². The number of aromatic nitrogens is 2. The first-order valence-corrected chi connectivity index (χ1v) is 9.83. The third-order valence-electron chi connectivity index (χ3n) is 5.96. The highest BCUT2D eigenvalue weighted by atomic mass is 19.1. The number of rotatable bonds is 3. The van der Waals surface area contributed by atoms with Gasteiger partial charge in [-0.05, 0) is 42.9 Å². The molecule has 1 fully saturated rings. The van der Waals surface area contributed by atoms with Crippen molar-refractivity contribution in [2.45, 2.75) is 51.4 Å². The Hall–Kier alpha value is -3.09. The predicted octanol–water partition coefficient (Wildman–Crippen LogP) is 4.50. The molecule has 6 nitrogen and oxygen atoms in total. The van der Waals surface area contributed by atoms with Gasteiger partial charge in [0, 0.05) is 25.5 Å². The van der Waals surface area contributed by atoms with Crippen LogP contribution in [0, 0.1) is 12.7 Å². The fourth-order valence-corrected chi connectivity index (χ4v) is 4.31. The maximum absolute atomic E-state index is 14.8. The lowest BCUT2D eigenvalue weighted by Crippen LogP contribution is -2.27. The summed E-state index contributed by atoms with van der Waals surface area (Å²) in [5.74, 6) is -1.42. The number of amides is 1. The number of anilines is 1. The third kappa shape index (κ3) is 3.41. The van der Waals surface area contributed by atoms with Crippen molar-refractivity contribution >= 4 is 17.2 Å². The van der Waals surface area contributed by atoms with E-state index in [4.69, 9.17) is 0 Å². The van der Waals surface area contributed by atoms with Gasteiger partial charge < -0.3 is 15.4 Å². The van der Waals surface area contributed by atoms with E-state index in [2.05, 4.69) is 10.3 Å². The number of aromatic amines is 1. The lowest BCUT2D eigenvalue weighted by atomic mass is 9.70. The number of aryl methyl sites for hydroxylation is 1. The van der Waals surface area contributed by atoms with Gasteiger partial charge >= 0.3 is 0 Å². The molecule has 154 valence electrons. The summed E-state index contributed by atoms with van der Waals surface area (Å²) >= 11 is 0. The molecule has 1 aliphatic rings. The number of halogens is 1. The highest BCUT2D eigenvalue weighted by Gasteiger charge is 2.32. The quantitative estimate of drug-likeness (QED) is 0.606. The lowest BCUT2D eigenvalue weighted by molar-refractivity contribution is 0.102. The van der Waals surface area contributed by atoms with Crippen LogP contribution in [-0.4, -0.2) is 20.4 Å². The molecule has 2 heterocycles. The Balaban J connectivity index is 0.00000256. The molecular formula is C22H26FN3O3. The fraction of sp³-hybridized carbons (Fsp3) is 0.364. The molecule has 0 atom stereocenters. The number of phenols is 1. The molecule has 3 N–H and O–H groups in total. The molecule has 0 radical (unpaired) electrons. The highest BCUT2D eigenvalue weighted by Crippen LogP contribution is 2.44. The zero-order chi connectivity index (χ0) is 20.8. The summed E-state index contributed by atoms with van der Waals surface area (Å²) in [4.78, 5) is 28.1. The Morgan fingerprint density at radius 2 is 2.00 bits per heavy atom.